The number of pyridine rings is 1. The number of nitrogens with zero attached hydrogens (tertiary/aromatic N) is 1. The Labute approximate surface area is 87.4 Å². The summed E-state index contributed by atoms with van der Waals surface area (Å²) in [5.74, 6) is 0. The lowest BCUT2D eigenvalue weighted by molar-refractivity contribution is -0.150. The second kappa shape index (κ2) is 3.86. The smallest absolute Gasteiger partial charge is 0.315 e. The van der Waals surface area contributed by atoms with E-state index in [1.54, 1.807) is 6.92 Å². The number of hydrogen-bond donors (Lipinski definition) is 1. The van der Waals surface area contributed by atoms with E-state index >= 15 is 0 Å². The quantitative estimate of drug-likeness (QED) is 0.851. The Morgan fingerprint density at radius 1 is 1.50 bits per heavy atom. The fourth-order valence-corrected chi connectivity index (χ4v) is 1.12. The van der Waals surface area contributed by atoms with Crippen molar-refractivity contribution in [3.05, 3.63) is 28.0 Å². The van der Waals surface area contributed by atoms with E-state index in [4.69, 9.17) is 5.73 Å². The van der Waals surface area contributed by atoms with Gasteiger partial charge in [0.2, 0.25) is 0 Å². The molecular weight excluding hydrogens is 261 g/mol. The van der Waals surface area contributed by atoms with Crippen molar-refractivity contribution in [1.82, 2.24) is 4.98 Å². The van der Waals surface area contributed by atoms with Crippen molar-refractivity contribution in [2.45, 2.75) is 19.1 Å². The predicted octanol–water partition coefficient (Wildman–Crippen LogP) is 2.71. The van der Waals surface area contributed by atoms with Gasteiger partial charge in [-0.3, -0.25) is 4.98 Å². The maximum Gasteiger partial charge on any atom is 0.409 e. The van der Waals surface area contributed by atoms with E-state index in [0.717, 1.165) is 0 Å². The lowest BCUT2D eigenvalue weighted by Gasteiger charge is -2.15. The molecule has 0 aromatic carbocycles. The highest BCUT2D eigenvalue weighted by molar-refractivity contribution is 9.10. The summed E-state index contributed by atoms with van der Waals surface area (Å²) in [6, 6.07) is -0.698. The minimum absolute atomic E-state index is 0.168. The number of rotatable bonds is 1. The summed E-state index contributed by atoms with van der Waals surface area (Å²) in [5.41, 5.74) is 5.50. The Bertz CT molecular complexity index is 338. The van der Waals surface area contributed by atoms with Crippen molar-refractivity contribution in [2.24, 2.45) is 5.73 Å². The van der Waals surface area contributed by atoms with Gasteiger partial charge in [0.1, 0.15) is 6.04 Å². The Morgan fingerprint density at radius 2 is 2.07 bits per heavy atom. The topological polar surface area (TPSA) is 38.9 Å². The predicted molar refractivity (Wildman–Crippen MR) is 49.7 cm³/mol. The molecule has 0 saturated carbocycles. The third-order valence-electron chi connectivity index (χ3n) is 1.74. The molecule has 1 atom stereocenters. The molecule has 0 unspecified atom stereocenters. The first kappa shape index (κ1) is 11.5. The summed E-state index contributed by atoms with van der Waals surface area (Å²) in [6.07, 6.45) is -3.14. The number of alkyl halides is 3. The van der Waals surface area contributed by atoms with E-state index in [-0.39, 0.29) is 5.69 Å². The monoisotopic (exact) mass is 268 g/mol. The number of aromatic nitrogens is 1. The van der Waals surface area contributed by atoms with Crippen LogP contribution in [0.15, 0.2) is 16.7 Å². The highest BCUT2D eigenvalue weighted by Gasteiger charge is 2.38. The van der Waals surface area contributed by atoms with E-state index < -0.39 is 12.2 Å². The fourth-order valence-electron chi connectivity index (χ4n) is 0.899. The first-order valence-corrected chi connectivity index (χ1v) is 4.56. The summed E-state index contributed by atoms with van der Waals surface area (Å²) in [6.45, 7) is 1.68. The van der Waals surface area contributed by atoms with Crippen molar-refractivity contribution < 1.29 is 13.2 Å². The molecule has 0 radical (unpaired) electrons. The molecular formula is C8H8BrF3N2. The maximum absolute atomic E-state index is 12.2. The van der Waals surface area contributed by atoms with E-state index in [2.05, 4.69) is 20.9 Å². The van der Waals surface area contributed by atoms with E-state index in [1.165, 1.54) is 12.3 Å². The molecule has 2 N–H and O–H groups in total. The minimum atomic E-state index is -4.45. The van der Waals surface area contributed by atoms with Gasteiger partial charge in [-0.15, -0.1) is 0 Å². The summed E-state index contributed by atoms with van der Waals surface area (Å²) in [4.78, 5) is 3.61. The molecule has 1 heterocycles. The second-order valence-electron chi connectivity index (χ2n) is 2.88. The highest BCUT2D eigenvalue weighted by atomic mass is 79.9. The van der Waals surface area contributed by atoms with Crippen molar-refractivity contribution in [2.75, 3.05) is 0 Å². The number of hydrogen-bond acceptors (Lipinski definition) is 2. The van der Waals surface area contributed by atoms with Crippen LogP contribution in [0, 0.1) is 6.92 Å². The molecule has 0 aliphatic carbocycles. The molecule has 0 spiro atoms. The van der Waals surface area contributed by atoms with Crippen LogP contribution in [0.3, 0.4) is 0 Å². The van der Waals surface area contributed by atoms with Crippen LogP contribution < -0.4 is 5.73 Å². The van der Waals surface area contributed by atoms with Crippen LogP contribution in [0.1, 0.15) is 17.3 Å². The summed E-state index contributed by atoms with van der Waals surface area (Å²) in [7, 11) is 0. The van der Waals surface area contributed by atoms with Crippen LogP contribution in [-0.4, -0.2) is 11.2 Å². The van der Waals surface area contributed by atoms with Gasteiger partial charge in [0, 0.05) is 10.7 Å². The molecule has 1 aromatic rings. The van der Waals surface area contributed by atoms with Crippen molar-refractivity contribution >= 4 is 15.9 Å². The molecule has 0 bridgehead atoms. The molecule has 78 valence electrons. The average molecular weight is 269 g/mol. The van der Waals surface area contributed by atoms with E-state index in [9.17, 15) is 13.2 Å². The highest BCUT2D eigenvalue weighted by Crippen LogP contribution is 2.30. The van der Waals surface area contributed by atoms with Gasteiger partial charge < -0.3 is 5.73 Å². The van der Waals surface area contributed by atoms with Crippen LogP contribution in [0.4, 0.5) is 13.2 Å². The largest absolute Gasteiger partial charge is 0.409 e. The summed E-state index contributed by atoms with van der Waals surface area (Å²) in [5, 5.41) is 0. The van der Waals surface area contributed by atoms with Crippen LogP contribution in [0.5, 0.6) is 0 Å². The number of aryl methyl sites for hydroxylation is 1. The average Bonchev–Trinajstić information content (AvgIpc) is 2.07. The Morgan fingerprint density at radius 3 is 2.50 bits per heavy atom. The Hall–Kier alpha value is -0.620. The lowest BCUT2D eigenvalue weighted by atomic mass is 10.1. The summed E-state index contributed by atoms with van der Waals surface area (Å²) < 4.78 is 37.2. The van der Waals surface area contributed by atoms with Crippen LogP contribution in [0.2, 0.25) is 0 Å². The molecule has 6 heteroatoms. The SMILES string of the molecule is Cc1cc([C@H](N)C(F)(F)F)ncc1Br. The zero-order valence-corrected chi connectivity index (χ0v) is 8.85. The third kappa shape index (κ3) is 2.45. The lowest BCUT2D eigenvalue weighted by Crippen LogP contribution is -2.29. The minimum Gasteiger partial charge on any atom is -0.315 e. The van der Waals surface area contributed by atoms with Gasteiger partial charge in [-0.2, -0.15) is 13.2 Å². The van der Waals surface area contributed by atoms with E-state index in [1.807, 2.05) is 0 Å². The zero-order valence-electron chi connectivity index (χ0n) is 7.27. The molecule has 0 saturated heterocycles. The third-order valence-corrected chi connectivity index (χ3v) is 2.57. The van der Waals surface area contributed by atoms with Gasteiger partial charge in [-0.1, -0.05) is 0 Å². The van der Waals surface area contributed by atoms with Crippen molar-refractivity contribution in [3.8, 4) is 0 Å². The molecule has 1 rings (SSSR count). The van der Waals surface area contributed by atoms with E-state index in [0.29, 0.717) is 10.0 Å². The second-order valence-corrected chi connectivity index (χ2v) is 3.73. The molecule has 1 aromatic heterocycles. The van der Waals surface area contributed by atoms with Crippen LogP contribution in [0.25, 0.3) is 0 Å². The standard InChI is InChI=1S/C8H8BrF3N2/c1-4-2-6(14-3-5(4)9)7(13)8(10,11)12/h2-3,7H,13H2,1H3/t7-/m0/s1. The van der Waals surface area contributed by atoms with Crippen LogP contribution >= 0.6 is 15.9 Å². The van der Waals surface area contributed by atoms with Gasteiger partial charge in [-0.25, -0.2) is 0 Å². The van der Waals surface area contributed by atoms with Crippen molar-refractivity contribution in [1.29, 1.82) is 0 Å². The van der Waals surface area contributed by atoms with Gasteiger partial charge in [0.15, 0.2) is 0 Å². The Balaban J connectivity index is 3.03. The maximum atomic E-state index is 12.2. The van der Waals surface area contributed by atoms with Gasteiger partial charge >= 0.3 is 6.18 Å². The first-order valence-electron chi connectivity index (χ1n) is 3.76. The van der Waals surface area contributed by atoms with Crippen molar-refractivity contribution in [3.63, 3.8) is 0 Å². The Kier molecular flexibility index (Phi) is 3.16. The molecule has 14 heavy (non-hydrogen) atoms. The van der Waals surface area contributed by atoms with Gasteiger partial charge in [0.05, 0.1) is 5.69 Å². The fraction of sp³-hybridized carbons (Fsp3) is 0.375. The number of halogens is 4. The summed E-state index contributed by atoms with van der Waals surface area (Å²) >= 11 is 3.14. The van der Waals surface area contributed by atoms with Gasteiger partial charge in [-0.05, 0) is 34.5 Å². The molecule has 0 aliphatic rings. The zero-order chi connectivity index (χ0) is 10.9. The van der Waals surface area contributed by atoms with Crippen LogP contribution in [-0.2, 0) is 0 Å². The normalized spacial score (nSPS) is 14.1. The van der Waals surface area contributed by atoms with Gasteiger partial charge in [0.25, 0.3) is 0 Å². The first-order chi connectivity index (χ1) is 6.32. The molecule has 0 fully saturated rings. The molecule has 2 nitrogen and oxygen atoms in total. The molecule has 0 amide bonds. The molecule has 0 aliphatic heterocycles. The number of nitrogens with two attached hydrogens (primary N) is 1.